The minimum Gasteiger partial charge on any atom is -0.497 e. The van der Waals surface area contributed by atoms with Crippen LogP contribution in [-0.2, 0) is 24.8 Å². The van der Waals surface area contributed by atoms with Gasteiger partial charge in [0.2, 0.25) is 5.91 Å². The highest BCUT2D eigenvalue weighted by Gasteiger charge is 2.16. The van der Waals surface area contributed by atoms with E-state index < -0.39 is 0 Å². The molecule has 0 aliphatic rings. The van der Waals surface area contributed by atoms with Crippen molar-refractivity contribution in [2.45, 2.75) is 13.0 Å². The molecule has 0 aliphatic heterocycles. The molecule has 4 aromatic rings. The van der Waals surface area contributed by atoms with Crippen LogP contribution in [0.2, 0.25) is 0 Å². The summed E-state index contributed by atoms with van der Waals surface area (Å²) in [6.45, 7) is 0.573. The number of aromatic nitrogens is 3. The van der Waals surface area contributed by atoms with Gasteiger partial charge in [0.05, 0.1) is 13.3 Å². The van der Waals surface area contributed by atoms with E-state index in [0.29, 0.717) is 18.5 Å². The molecule has 0 atom stereocenters. The molecule has 0 saturated heterocycles. The van der Waals surface area contributed by atoms with Crippen LogP contribution in [0.1, 0.15) is 5.56 Å². The number of benzene rings is 2. The van der Waals surface area contributed by atoms with E-state index in [9.17, 15) is 9.59 Å². The molecule has 0 bridgehead atoms. The number of methoxy groups -OCH3 is 1. The highest BCUT2D eigenvalue weighted by atomic mass is 16.5. The predicted octanol–water partition coefficient (Wildman–Crippen LogP) is 2.26. The van der Waals surface area contributed by atoms with Crippen molar-refractivity contribution in [1.29, 1.82) is 0 Å². The van der Waals surface area contributed by atoms with Crippen molar-refractivity contribution in [3.05, 3.63) is 70.6 Å². The SMILES string of the molecule is COc1cccc(CCNC(=O)Cn2c3ccccc3c3cnn(C)c(=O)c32)c1. The maximum absolute atomic E-state index is 12.7. The zero-order valence-electron chi connectivity index (χ0n) is 16.4. The number of hydrogen-bond donors (Lipinski definition) is 1. The highest BCUT2D eigenvalue weighted by molar-refractivity contribution is 6.07. The summed E-state index contributed by atoms with van der Waals surface area (Å²) >= 11 is 0. The summed E-state index contributed by atoms with van der Waals surface area (Å²) in [7, 11) is 3.24. The number of nitrogens with one attached hydrogen (secondary N) is 1. The van der Waals surface area contributed by atoms with Gasteiger partial charge in [-0.2, -0.15) is 5.10 Å². The maximum atomic E-state index is 12.7. The number of para-hydroxylation sites is 1. The van der Waals surface area contributed by atoms with Crippen LogP contribution in [0, 0.1) is 0 Å². The minimum absolute atomic E-state index is 0.0708. The van der Waals surface area contributed by atoms with Crippen LogP contribution >= 0.6 is 0 Å². The molecule has 0 aliphatic carbocycles. The van der Waals surface area contributed by atoms with Gasteiger partial charge in [-0.05, 0) is 30.2 Å². The van der Waals surface area contributed by atoms with Crippen molar-refractivity contribution >= 4 is 27.7 Å². The molecular formula is C22H22N4O3. The first kappa shape index (κ1) is 18.7. The number of aryl methyl sites for hydroxylation is 1. The Morgan fingerprint density at radius 3 is 2.79 bits per heavy atom. The van der Waals surface area contributed by atoms with E-state index in [1.54, 1.807) is 24.9 Å². The first-order valence-corrected chi connectivity index (χ1v) is 9.41. The Labute approximate surface area is 167 Å². The Kier molecular flexibility index (Phi) is 5.03. The maximum Gasteiger partial charge on any atom is 0.291 e. The van der Waals surface area contributed by atoms with Crippen LogP contribution in [-0.4, -0.2) is 33.9 Å². The topological polar surface area (TPSA) is 78.2 Å². The fourth-order valence-corrected chi connectivity index (χ4v) is 3.58. The van der Waals surface area contributed by atoms with Gasteiger partial charge in [-0.3, -0.25) is 9.59 Å². The lowest BCUT2D eigenvalue weighted by Crippen LogP contribution is -2.30. The lowest BCUT2D eigenvalue weighted by atomic mass is 10.1. The van der Waals surface area contributed by atoms with E-state index >= 15 is 0 Å². The summed E-state index contributed by atoms with van der Waals surface area (Å²) in [5, 5.41) is 8.74. The summed E-state index contributed by atoms with van der Waals surface area (Å²) in [4.78, 5) is 25.3. The first-order valence-electron chi connectivity index (χ1n) is 9.41. The van der Waals surface area contributed by atoms with E-state index in [1.165, 1.54) is 4.68 Å². The number of rotatable bonds is 6. The molecule has 7 heteroatoms. The summed E-state index contributed by atoms with van der Waals surface area (Å²) in [5.41, 5.74) is 2.20. The Bertz CT molecular complexity index is 1260. The molecule has 0 unspecified atom stereocenters. The predicted molar refractivity (Wildman–Crippen MR) is 112 cm³/mol. The Balaban J connectivity index is 1.56. The molecule has 7 nitrogen and oxygen atoms in total. The molecule has 0 fully saturated rings. The van der Waals surface area contributed by atoms with Crippen molar-refractivity contribution in [1.82, 2.24) is 19.7 Å². The first-order chi connectivity index (χ1) is 14.1. The number of amides is 1. The lowest BCUT2D eigenvalue weighted by molar-refractivity contribution is -0.121. The van der Waals surface area contributed by atoms with Crippen LogP contribution in [0.4, 0.5) is 0 Å². The molecular weight excluding hydrogens is 368 g/mol. The van der Waals surface area contributed by atoms with E-state index in [1.807, 2.05) is 48.5 Å². The second kappa shape index (κ2) is 7.79. The average Bonchev–Trinajstić information content (AvgIpc) is 3.05. The fraction of sp³-hybridized carbons (Fsp3) is 0.227. The van der Waals surface area contributed by atoms with Crippen molar-refractivity contribution in [3.8, 4) is 5.75 Å². The van der Waals surface area contributed by atoms with Crippen molar-refractivity contribution < 1.29 is 9.53 Å². The normalized spacial score (nSPS) is 11.1. The molecule has 4 rings (SSSR count). The largest absolute Gasteiger partial charge is 0.497 e. The van der Waals surface area contributed by atoms with Gasteiger partial charge < -0.3 is 14.6 Å². The number of ether oxygens (including phenoxy) is 1. The third kappa shape index (κ3) is 3.59. The van der Waals surface area contributed by atoms with E-state index in [4.69, 9.17) is 4.74 Å². The van der Waals surface area contributed by atoms with Gasteiger partial charge in [0.25, 0.3) is 5.56 Å². The van der Waals surface area contributed by atoms with E-state index in [0.717, 1.165) is 27.6 Å². The molecule has 0 spiro atoms. The third-order valence-electron chi connectivity index (χ3n) is 5.04. The van der Waals surface area contributed by atoms with Crippen LogP contribution in [0.25, 0.3) is 21.8 Å². The average molecular weight is 390 g/mol. The van der Waals surface area contributed by atoms with Crippen molar-refractivity contribution in [2.24, 2.45) is 7.05 Å². The molecule has 2 aromatic heterocycles. The second-order valence-corrected chi connectivity index (χ2v) is 6.89. The molecule has 2 heterocycles. The van der Waals surface area contributed by atoms with Gasteiger partial charge in [0.1, 0.15) is 17.8 Å². The number of fused-ring (bicyclic) bond motifs is 3. The highest BCUT2D eigenvalue weighted by Crippen LogP contribution is 2.26. The van der Waals surface area contributed by atoms with Gasteiger partial charge >= 0.3 is 0 Å². The van der Waals surface area contributed by atoms with E-state index in [-0.39, 0.29) is 18.0 Å². The number of nitrogens with zero attached hydrogens (tertiary/aromatic N) is 3. The zero-order chi connectivity index (χ0) is 20.4. The Morgan fingerprint density at radius 1 is 1.14 bits per heavy atom. The van der Waals surface area contributed by atoms with Crippen LogP contribution < -0.4 is 15.6 Å². The van der Waals surface area contributed by atoms with Crippen molar-refractivity contribution in [2.75, 3.05) is 13.7 Å². The van der Waals surface area contributed by atoms with Crippen LogP contribution in [0.5, 0.6) is 5.75 Å². The molecule has 0 radical (unpaired) electrons. The number of carbonyl (C=O) groups excluding carboxylic acids is 1. The summed E-state index contributed by atoms with van der Waals surface area (Å²) < 4.78 is 8.29. The standard InChI is InChI=1S/C22H22N4O3/c1-25-22(28)21-18(13-24-25)17-8-3-4-9-19(17)26(21)14-20(27)23-11-10-15-6-5-7-16(12-15)29-2/h3-9,12-13H,10-11,14H2,1-2H3,(H,23,27). The zero-order valence-corrected chi connectivity index (χ0v) is 16.4. The van der Waals surface area contributed by atoms with Gasteiger partial charge in [0.15, 0.2) is 0 Å². The summed E-state index contributed by atoms with van der Waals surface area (Å²) in [6.07, 6.45) is 2.37. The van der Waals surface area contributed by atoms with Crippen molar-refractivity contribution in [3.63, 3.8) is 0 Å². The van der Waals surface area contributed by atoms with Gasteiger partial charge in [-0.15, -0.1) is 0 Å². The second-order valence-electron chi connectivity index (χ2n) is 6.89. The fourth-order valence-electron chi connectivity index (χ4n) is 3.58. The summed E-state index contributed by atoms with van der Waals surface area (Å²) in [5.74, 6) is 0.651. The third-order valence-corrected chi connectivity index (χ3v) is 5.04. The van der Waals surface area contributed by atoms with E-state index in [2.05, 4.69) is 10.4 Å². The van der Waals surface area contributed by atoms with Gasteiger partial charge in [-0.1, -0.05) is 30.3 Å². The number of carbonyl (C=O) groups is 1. The monoisotopic (exact) mass is 390 g/mol. The van der Waals surface area contributed by atoms with Crippen LogP contribution in [0.3, 0.4) is 0 Å². The molecule has 0 saturated carbocycles. The molecule has 1 amide bonds. The van der Waals surface area contributed by atoms with Crippen LogP contribution in [0.15, 0.2) is 59.5 Å². The van der Waals surface area contributed by atoms with Gasteiger partial charge in [0, 0.05) is 29.9 Å². The molecule has 29 heavy (non-hydrogen) atoms. The minimum atomic E-state index is -0.220. The smallest absolute Gasteiger partial charge is 0.291 e. The summed E-state index contributed by atoms with van der Waals surface area (Å²) in [6, 6.07) is 15.4. The Hall–Kier alpha value is -3.61. The molecule has 2 aromatic carbocycles. The lowest BCUT2D eigenvalue weighted by Gasteiger charge is -2.09. The quantitative estimate of drug-likeness (QED) is 0.548. The Morgan fingerprint density at radius 2 is 1.97 bits per heavy atom. The van der Waals surface area contributed by atoms with Gasteiger partial charge in [-0.25, -0.2) is 4.68 Å². The molecule has 1 N–H and O–H groups in total. The number of hydrogen-bond acceptors (Lipinski definition) is 4. The molecule has 148 valence electrons.